The third-order valence-corrected chi connectivity index (χ3v) is 4.67. The number of carbonyl (C=O) groups excluding carboxylic acids is 2. The number of hydrogen-bond acceptors (Lipinski definition) is 3. The number of nitrogens with two attached hydrogens (primary N) is 2. The van der Waals surface area contributed by atoms with E-state index in [0.717, 1.165) is 32.1 Å². The van der Waals surface area contributed by atoms with Gasteiger partial charge in [-0.2, -0.15) is 0 Å². The molecule has 4 unspecified atom stereocenters. The van der Waals surface area contributed by atoms with Gasteiger partial charge in [-0.05, 0) is 44.4 Å². The van der Waals surface area contributed by atoms with Gasteiger partial charge in [0.2, 0.25) is 11.8 Å². The zero-order valence-electron chi connectivity index (χ0n) is 11.7. The van der Waals surface area contributed by atoms with Crippen LogP contribution in [0.4, 0.5) is 0 Å². The molecule has 108 valence electrons. The molecule has 1 heterocycles. The summed E-state index contributed by atoms with van der Waals surface area (Å²) in [6, 6.07) is -0.298. The average molecular weight is 267 g/mol. The summed E-state index contributed by atoms with van der Waals surface area (Å²) in [6.45, 7) is 2.77. The number of piperidine rings is 1. The number of primary amides is 1. The van der Waals surface area contributed by atoms with Crippen molar-refractivity contribution in [1.29, 1.82) is 0 Å². The van der Waals surface area contributed by atoms with Crippen molar-refractivity contribution in [2.45, 2.75) is 57.5 Å². The van der Waals surface area contributed by atoms with Crippen LogP contribution < -0.4 is 11.5 Å². The fourth-order valence-electron chi connectivity index (χ4n) is 3.40. The SMILES string of the molecule is CC1CCC(N)CC1C(=O)N1CCCCC1C(N)=O. The van der Waals surface area contributed by atoms with Crippen LogP contribution in [0.2, 0.25) is 0 Å². The number of hydrogen-bond donors (Lipinski definition) is 2. The highest BCUT2D eigenvalue weighted by molar-refractivity contribution is 5.88. The van der Waals surface area contributed by atoms with Crippen LogP contribution in [-0.2, 0) is 9.59 Å². The number of rotatable bonds is 2. The largest absolute Gasteiger partial charge is 0.368 e. The van der Waals surface area contributed by atoms with Crippen LogP contribution in [-0.4, -0.2) is 35.3 Å². The van der Waals surface area contributed by atoms with Gasteiger partial charge in [-0.1, -0.05) is 6.92 Å². The van der Waals surface area contributed by atoms with E-state index in [2.05, 4.69) is 6.92 Å². The Morgan fingerprint density at radius 3 is 2.58 bits per heavy atom. The summed E-state index contributed by atoms with van der Waals surface area (Å²) in [6.07, 6.45) is 5.35. The topological polar surface area (TPSA) is 89.4 Å². The van der Waals surface area contributed by atoms with Crippen molar-refractivity contribution < 1.29 is 9.59 Å². The van der Waals surface area contributed by atoms with E-state index >= 15 is 0 Å². The first-order valence-electron chi connectivity index (χ1n) is 7.36. The van der Waals surface area contributed by atoms with Gasteiger partial charge in [0.25, 0.3) is 0 Å². The monoisotopic (exact) mass is 267 g/mol. The quantitative estimate of drug-likeness (QED) is 0.768. The van der Waals surface area contributed by atoms with E-state index in [4.69, 9.17) is 11.5 Å². The Labute approximate surface area is 114 Å². The maximum Gasteiger partial charge on any atom is 0.240 e. The Kier molecular flexibility index (Phi) is 4.45. The zero-order valence-corrected chi connectivity index (χ0v) is 11.7. The Bertz CT molecular complexity index is 359. The third kappa shape index (κ3) is 3.08. The summed E-state index contributed by atoms with van der Waals surface area (Å²) in [5.74, 6) is 0.0263. The molecule has 1 saturated heterocycles. The van der Waals surface area contributed by atoms with Crippen molar-refractivity contribution >= 4 is 11.8 Å². The highest BCUT2D eigenvalue weighted by Gasteiger charge is 2.38. The van der Waals surface area contributed by atoms with Crippen molar-refractivity contribution in [1.82, 2.24) is 4.90 Å². The van der Waals surface area contributed by atoms with Gasteiger partial charge in [0, 0.05) is 18.5 Å². The fourth-order valence-corrected chi connectivity index (χ4v) is 3.40. The van der Waals surface area contributed by atoms with Crippen LogP contribution in [0.1, 0.15) is 45.4 Å². The highest BCUT2D eigenvalue weighted by atomic mass is 16.2. The minimum absolute atomic E-state index is 0.0382. The Balaban J connectivity index is 2.10. The van der Waals surface area contributed by atoms with Crippen LogP contribution in [0.25, 0.3) is 0 Å². The molecule has 0 aromatic heterocycles. The van der Waals surface area contributed by atoms with Gasteiger partial charge in [-0.25, -0.2) is 0 Å². The molecule has 0 aromatic carbocycles. The second-order valence-electron chi connectivity index (χ2n) is 6.10. The molecule has 2 fully saturated rings. The van der Waals surface area contributed by atoms with E-state index < -0.39 is 6.04 Å². The van der Waals surface area contributed by atoms with Gasteiger partial charge in [-0.15, -0.1) is 0 Å². The first-order chi connectivity index (χ1) is 9.00. The maximum absolute atomic E-state index is 12.7. The van der Waals surface area contributed by atoms with Gasteiger partial charge in [0.05, 0.1) is 0 Å². The molecule has 5 heteroatoms. The van der Waals surface area contributed by atoms with Crippen molar-refractivity contribution in [3.05, 3.63) is 0 Å². The Morgan fingerprint density at radius 2 is 1.89 bits per heavy atom. The number of nitrogens with zero attached hydrogens (tertiary/aromatic N) is 1. The first kappa shape index (κ1) is 14.3. The molecule has 0 radical (unpaired) electrons. The van der Waals surface area contributed by atoms with Crippen molar-refractivity contribution in [3.8, 4) is 0 Å². The molecule has 4 N–H and O–H groups in total. The molecule has 2 rings (SSSR count). The van der Waals surface area contributed by atoms with Crippen LogP contribution in [0.15, 0.2) is 0 Å². The van der Waals surface area contributed by atoms with Crippen molar-refractivity contribution in [2.75, 3.05) is 6.54 Å². The van der Waals surface area contributed by atoms with E-state index in [9.17, 15) is 9.59 Å². The molecule has 1 saturated carbocycles. The lowest BCUT2D eigenvalue weighted by Crippen LogP contribution is -2.54. The van der Waals surface area contributed by atoms with Crippen LogP contribution in [0.5, 0.6) is 0 Å². The molecule has 19 heavy (non-hydrogen) atoms. The number of carbonyl (C=O) groups is 2. The molecule has 0 bridgehead atoms. The van der Waals surface area contributed by atoms with E-state index in [1.54, 1.807) is 4.90 Å². The summed E-state index contributed by atoms with van der Waals surface area (Å²) in [5.41, 5.74) is 11.4. The molecular formula is C14H25N3O2. The molecule has 1 aliphatic heterocycles. The molecule has 5 nitrogen and oxygen atoms in total. The fraction of sp³-hybridized carbons (Fsp3) is 0.857. The van der Waals surface area contributed by atoms with Gasteiger partial charge >= 0.3 is 0 Å². The van der Waals surface area contributed by atoms with E-state index in [0.29, 0.717) is 18.9 Å². The smallest absolute Gasteiger partial charge is 0.240 e. The van der Waals surface area contributed by atoms with Gasteiger partial charge < -0.3 is 16.4 Å². The lowest BCUT2D eigenvalue weighted by molar-refractivity contribution is -0.146. The molecule has 2 amide bonds. The van der Waals surface area contributed by atoms with E-state index in [-0.39, 0.29) is 23.8 Å². The van der Waals surface area contributed by atoms with Crippen LogP contribution >= 0.6 is 0 Å². The predicted molar refractivity (Wildman–Crippen MR) is 73.0 cm³/mol. The second kappa shape index (κ2) is 5.90. The third-order valence-electron chi connectivity index (χ3n) is 4.67. The summed E-state index contributed by atoms with van der Waals surface area (Å²) < 4.78 is 0. The Morgan fingerprint density at radius 1 is 1.16 bits per heavy atom. The Hall–Kier alpha value is -1.10. The lowest BCUT2D eigenvalue weighted by Gasteiger charge is -2.40. The molecule has 2 aliphatic rings. The summed E-state index contributed by atoms with van der Waals surface area (Å²) >= 11 is 0. The highest BCUT2D eigenvalue weighted by Crippen LogP contribution is 2.32. The van der Waals surface area contributed by atoms with E-state index in [1.807, 2.05) is 0 Å². The number of amides is 2. The minimum Gasteiger partial charge on any atom is -0.368 e. The van der Waals surface area contributed by atoms with Crippen LogP contribution in [0, 0.1) is 11.8 Å². The lowest BCUT2D eigenvalue weighted by atomic mass is 9.77. The minimum atomic E-state index is -0.411. The van der Waals surface area contributed by atoms with Crippen LogP contribution in [0.3, 0.4) is 0 Å². The van der Waals surface area contributed by atoms with Crippen molar-refractivity contribution in [2.24, 2.45) is 23.3 Å². The zero-order chi connectivity index (χ0) is 14.0. The maximum atomic E-state index is 12.7. The van der Waals surface area contributed by atoms with E-state index in [1.165, 1.54) is 0 Å². The number of likely N-dealkylation sites (tertiary alicyclic amines) is 1. The molecule has 0 spiro atoms. The second-order valence-corrected chi connectivity index (χ2v) is 6.10. The molecule has 0 aromatic rings. The molecule has 4 atom stereocenters. The standard InChI is InChI=1S/C14H25N3O2/c1-9-5-6-10(15)8-11(9)14(19)17-7-3-2-4-12(17)13(16)18/h9-12H,2-8,15H2,1H3,(H2,16,18). The normalized spacial score (nSPS) is 36.0. The van der Waals surface area contributed by atoms with Gasteiger partial charge in [0.1, 0.15) is 6.04 Å². The predicted octanol–water partition coefficient (Wildman–Crippen LogP) is 0.616. The van der Waals surface area contributed by atoms with Crippen molar-refractivity contribution in [3.63, 3.8) is 0 Å². The van der Waals surface area contributed by atoms with Gasteiger partial charge in [-0.3, -0.25) is 9.59 Å². The molecular weight excluding hydrogens is 242 g/mol. The summed E-state index contributed by atoms with van der Waals surface area (Å²) in [7, 11) is 0. The summed E-state index contributed by atoms with van der Waals surface area (Å²) in [4.78, 5) is 25.9. The van der Waals surface area contributed by atoms with Gasteiger partial charge in [0.15, 0.2) is 0 Å². The first-order valence-corrected chi connectivity index (χ1v) is 7.36. The molecule has 1 aliphatic carbocycles. The summed E-state index contributed by atoms with van der Waals surface area (Å²) in [5, 5.41) is 0. The average Bonchev–Trinajstić information content (AvgIpc) is 2.40.